The van der Waals surface area contributed by atoms with Crippen LogP contribution in [0.1, 0.15) is 31.9 Å². The topological polar surface area (TPSA) is 28.2 Å². The fourth-order valence-electron chi connectivity index (χ4n) is 3.00. The molecule has 0 spiro atoms. The zero-order chi connectivity index (χ0) is 14.7. The molecule has 1 aromatic carbocycles. The molecule has 3 rings (SSSR count). The number of anilines is 1. The van der Waals surface area contributed by atoms with Gasteiger partial charge in [0.15, 0.2) is 0 Å². The van der Waals surface area contributed by atoms with E-state index in [-0.39, 0.29) is 5.54 Å². The Morgan fingerprint density at radius 1 is 1.24 bits per heavy atom. The summed E-state index contributed by atoms with van der Waals surface area (Å²) in [6, 6.07) is 15.3. The quantitative estimate of drug-likeness (QED) is 0.934. The Labute approximate surface area is 127 Å². The fraction of sp³-hybridized carbons (Fsp3) is 0.389. The number of rotatable bonds is 3. The van der Waals surface area contributed by atoms with Crippen molar-refractivity contribution < 1.29 is 0 Å². The second kappa shape index (κ2) is 5.86. The minimum Gasteiger partial charge on any atom is -0.360 e. The highest BCUT2D eigenvalue weighted by molar-refractivity contribution is 5.48. The van der Waals surface area contributed by atoms with Gasteiger partial charge in [0.2, 0.25) is 0 Å². The molecule has 0 aliphatic carbocycles. The van der Waals surface area contributed by atoms with Crippen LogP contribution in [0.2, 0.25) is 0 Å². The van der Waals surface area contributed by atoms with Crippen LogP contribution in [-0.2, 0) is 0 Å². The molecular weight excluding hydrogens is 258 g/mol. The zero-order valence-corrected chi connectivity index (χ0v) is 12.8. The van der Waals surface area contributed by atoms with Crippen LogP contribution in [0.5, 0.6) is 0 Å². The third-order valence-electron chi connectivity index (χ3n) is 4.56. The maximum absolute atomic E-state index is 4.30. The summed E-state index contributed by atoms with van der Waals surface area (Å²) >= 11 is 0. The number of pyridine rings is 1. The maximum atomic E-state index is 4.30. The molecular formula is C18H23N3. The van der Waals surface area contributed by atoms with Gasteiger partial charge in [-0.15, -0.1) is 0 Å². The Morgan fingerprint density at radius 2 is 2.05 bits per heavy atom. The van der Waals surface area contributed by atoms with Gasteiger partial charge in [-0.3, -0.25) is 4.98 Å². The van der Waals surface area contributed by atoms with E-state index in [1.807, 2.05) is 18.5 Å². The van der Waals surface area contributed by atoms with Gasteiger partial charge in [0.1, 0.15) is 0 Å². The molecule has 1 aliphatic heterocycles. The highest BCUT2D eigenvalue weighted by atomic mass is 15.3. The molecule has 3 nitrogen and oxygen atoms in total. The van der Waals surface area contributed by atoms with Gasteiger partial charge in [-0.2, -0.15) is 0 Å². The molecule has 1 aromatic heterocycles. The largest absolute Gasteiger partial charge is 0.360 e. The van der Waals surface area contributed by atoms with Gasteiger partial charge in [0.05, 0.1) is 17.9 Å². The van der Waals surface area contributed by atoms with Crippen molar-refractivity contribution in [3.63, 3.8) is 0 Å². The van der Waals surface area contributed by atoms with Gasteiger partial charge in [-0.1, -0.05) is 37.3 Å². The van der Waals surface area contributed by atoms with Crippen LogP contribution in [0, 0.1) is 0 Å². The van der Waals surface area contributed by atoms with E-state index in [9.17, 15) is 0 Å². The molecule has 2 atom stereocenters. The lowest BCUT2D eigenvalue weighted by molar-refractivity contribution is 0.280. The molecule has 110 valence electrons. The third kappa shape index (κ3) is 2.93. The minimum atomic E-state index is 0.154. The van der Waals surface area contributed by atoms with Crippen LogP contribution in [0.15, 0.2) is 54.9 Å². The van der Waals surface area contributed by atoms with Crippen molar-refractivity contribution in [1.29, 1.82) is 0 Å². The molecule has 0 amide bonds. The van der Waals surface area contributed by atoms with Crippen molar-refractivity contribution in [1.82, 2.24) is 10.3 Å². The molecule has 2 aromatic rings. The number of nitrogens with one attached hydrogen (secondary N) is 1. The average molecular weight is 281 g/mol. The predicted octanol–water partition coefficient (Wildman–Crippen LogP) is 3.40. The number of piperazine rings is 1. The Hall–Kier alpha value is -1.87. The number of hydrogen-bond acceptors (Lipinski definition) is 3. The van der Waals surface area contributed by atoms with Gasteiger partial charge >= 0.3 is 0 Å². The molecule has 0 saturated carbocycles. The number of aromatic nitrogens is 1. The molecule has 3 heteroatoms. The van der Waals surface area contributed by atoms with Gasteiger partial charge in [-0.25, -0.2) is 0 Å². The third-order valence-corrected chi connectivity index (χ3v) is 4.56. The summed E-state index contributed by atoms with van der Waals surface area (Å²) < 4.78 is 0. The first-order valence-corrected chi connectivity index (χ1v) is 7.68. The SMILES string of the molecule is CCC1(C)CN(c2cccnc2)C(c2ccccc2)CN1. The lowest BCUT2D eigenvalue weighted by Crippen LogP contribution is -2.59. The van der Waals surface area contributed by atoms with E-state index in [0.717, 1.165) is 19.5 Å². The van der Waals surface area contributed by atoms with E-state index in [2.05, 4.69) is 65.4 Å². The van der Waals surface area contributed by atoms with E-state index < -0.39 is 0 Å². The van der Waals surface area contributed by atoms with Crippen LogP contribution in [0.25, 0.3) is 0 Å². The normalized spacial score (nSPS) is 25.8. The van der Waals surface area contributed by atoms with Gasteiger partial charge in [0.25, 0.3) is 0 Å². The number of hydrogen-bond donors (Lipinski definition) is 1. The first kappa shape index (κ1) is 14.1. The molecule has 0 radical (unpaired) electrons. The van der Waals surface area contributed by atoms with E-state index >= 15 is 0 Å². The Bertz CT molecular complexity index is 570. The van der Waals surface area contributed by atoms with Crippen molar-refractivity contribution in [2.75, 3.05) is 18.0 Å². The maximum Gasteiger partial charge on any atom is 0.0668 e. The van der Waals surface area contributed by atoms with E-state index in [4.69, 9.17) is 0 Å². The summed E-state index contributed by atoms with van der Waals surface area (Å²) in [6.45, 7) is 6.51. The van der Waals surface area contributed by atoms with Crippen molar-refractivity contribution in [3.8, 4) is 0 Å². The summed E-state index contributed by atoms with van der Waals surface area (Å²) in [4.78, 5) is 6.79. The molecule has 1 aliphatic rings. The van der Waals surface area contributed by atoms with E-state index in [1.165, 1.54) is 11.3 Å². The van der Waals surface area contributed by atoms with Crippen LogP contribution in [0.4, 0.5) is 5.69 Å². The van der Waals surface area contributed by atoms with Crippen molar-refractivity contribution in [2.45, 2.75) is 31.8 Å². The fourth-order valence-corrected chi connectivity index (χ4v) is 3.00. The first-order chi connectivity index (χ1) is 10.2. The van der Waals surface area contributed by atoms with Gasteiger partial charge < -0.3 is 10.2 Å². The minimum absolute atomic E-state index is 0.154. The molecule has 1 fully saturated rings. The lowest BCUT2D eigenvalue weighted by atomic mass is 9.91. The highest BCUT2D eigenvalue weighted by Crippen LogP contribution is 2.32. The van der Waals surface area contributed by atoms with Gasteiger partial charge in [-0.05, 0) is 31.0 Å². The predicted molar refractivity (Wildman–Crippen MR) is 87.5 cm³/mol. The lowest BCUT2D eigenvalue weighted by Gasteiger charge is -2.47. The summed E-state index contributed by atoms with van der Waals surface area (Å²) in [6.07, 6.45) is 4.92. The summed E-state index contributed by atoms with van der Waals surface area (Å²) in [5, 5.41) is 3.73. The van der Waals surface area contributed by atoms with Crippen LogP contribution < -0.4 is 10.2 Å². The first-order valence-electron chi connectivity index (χ1n) is 7.68. The summed E-state index contributed by atoms with van der Waals surface area (Å²) in [7, 11) is 0. The standard InChI is InChI=1S/C18H23N3/c1-3-18(2)14-21(16-10-7-11-19-12-16)17(13-20-18)15-8-5-4-6-9-15/h4-12,17,20H,3,13-14H2,1-2H3. The molecule has 2 heterocycles. The average Bonchev–Trinajstić information content (AvgIpc) is 2.56. The van der Waals surface area contributed by atoms with E-state index in [0.29, 0.717) is 6.04 Å². The highest BCUT2D eigenvalue weighted by Gasteiger charge is 2.35. The number of benzene rings is 1. The van der Waals surface area contributed by atoms with Crippen molar-refractivity contribution in [3.05, 3.63) is 60.4 Å². The Morgan fingerprint density at radius 3 is 2.71 bits per heavy atom. The van der Waals surface area contributed by atoms with Crippen molar-refractivity contribution in [2.24, 2.45) is 0 Å². The van der Waals surface area contributed by atoms with Crippen LogP contribution in [-0.4, -0.2) is 23.6 Å². The van der Waals surface area contributed by atoms with Crippen molar-refractivity contribution >= 4 is 5.69 Å². The number of nitrogens with zero attached hydrogens (tertiary/aromatic N) is 2. The summed E-state index contributed by atoms with van der Waals surface area (Å²) in [5.74, 6) is 0. The molecule has 1 N–H and O–H groups in total. The second-order valence-electron chi connectivity index (χ2n) is 6.06. The monoisotopic (exact) mass is 281 g/mol. The Kier molecular flexibility index (Phi) is 3.93. The van der Waals surface area contributed by atoms with Crippen LogP contribution >= 0.6 is 0 Å². The molecule has 21 heavy (non-hydrogen) atoms. The molecule has 2 unspecified atom stereocenters. The van der Waals surface area contributed by atoms with E-state index in [1.54, 1.807) is 0 Å². The summed E-state index contributed by atoms with van der Waals surface area (Å²) in [5.41, 5.74) is 2.71. The smallest absolute Gasteiger partial charge is 0.0668 e. The van der Waals surface area contributed by atoms with Crippen LogP contribution in [0.3, 0.4) is 0 Å². The second-order valence-corrected chi connectivity index (χ2v) is 6.06. The molecule has 0 bridgehead atoms. The molecule has 1 saturated heterocycles. The Balaban J connectivity index is 1.95. The van der Waals surface area contributed by atoms with Gasteiger partial charge in [0, 0.05) is 24.8 Å². The zero-order valence-electron chi connectivity index (χ0n) is 12.8.